The number of carbonyl (C=O) groups excluding carboxylic acids is 1. The summed E-state index contributed by atoms with van der Waals surface area (Å²) in [5.41, 5.74) is 0.884. The van der Waals surface area contributed by atoms with Crippen molar-refractivity contribution in [3.63, 3.8) is 0 Å². The van der Waals surface area contributed by atoms with Crippen molar-refractivity contribution in [2.24, 2.45) is 0 Å². The first-order valence-electron chi connectivity index (χ1n) is 8.21. The molecular formula is C16H18N4O4S4. The van der Waals surface area contributed by atoms with Gasteiger partial charge in [-0.2, -0.15) is 0 Å². The summed E-state index contributed by atoms with van der Waals surface area (Å²) in [5, 5.41) is 11.2. The number of thiophene rings is 1. The lowest BCUT2D eigenvalue weighted by Gasteiger charge is -1.99. The van der Waals surface area contributed by atoms with E-state index in [9.17, 15) is 13.2 Å². The van der Waals surface area contributed by atoms with Crippen LogP contribution in [0, 0.1) is 6.92 Å². The van der Waals surface area contributed by atoms with Gasteiger partial charge in [-0.05, 0) is 25.5 Å². The van der Waals surface area contributed by atoms with Gasteiger partial charge in [0.05, 0.1) is 34.0 Å². The average Bonchev–Trinajstić information content (AvgIpc) is 3.34. The fraction of sp³-hybridized carbons (Fsp3) is 0.375. The van der Waals surface area contributed by atoms with E-state index in [1.165, 1.54) is 23.1 Å². The predicted octanol–water partition coefficient (Wildman–Crippen LogP) is 2.55. The third-order valence-corrected chi connectivity index (χ3v) is 7.00. The Morgan fingerprint density at radius 1 is 1.32 bits per heavy atom. The molecule has 0 aliphatic heterocycles. The summed E-state index contributed by atoms with van der Waals surface area (Å²) in [6, 6.07) is 3.60. The van der Waals surface area contributed by atoms with Crippen LogP contribution < -0.4 is 4.72 Å². The Morgan fingerprint density at radius 3 is 2.86 bits per heavy atom. The minimum atomic E-state index is -3.20. The average molecular weight is 459 g/mol. The van der Waals surface area contributed by atoms with Gasteiger partial charge in [0.1, 0.15) is 0 Å². The van der Waals surface area contributed by atoms with E-state index < -0.39 is 10.0 Å². The highest BCUT2D eigenvalue weighted by Gasteiger charge is 2.14. The first-order chi connectivity index (χ1) is 13.3. The zero-order valence-electron chi connectivity index (χ0n) is 15.2. The van der Waals surface area contributed by atoms with Gasteiger partial charge in [0, 0.05) is 16.8 Å². The highest BCUT2D eigenvalue weighted by Crippen LogP contribution is 2.23. The molecule has 0 bridgehead atoms. The standard InChI is InChI=1S/C16H18N4O4S4/c1-10-18-11(8-25-10)7-15-19-20-16(24-15)26-9-13(21)14-4-3-12(27-14)5-6-17-28(2,22)23/h3-4,8,17H,5-7,9H2,1-2H3. The summed E-state index contributed by atoms with van der Waals surface area (Å²) >= 11 is 4.13. The molecule has 0 saturated carbocycles. The summed E-state index contributed by atoms with van der Waals surface area (Å²) in [4.78, 5) is 18.3. The second-order valence-electron chi connectivity index (χ2n) is 5.89. The monoisotopic (exact) mass is 458 g/mol. The van der Waals surface area contributed by atoms with Gasteiger partial charge in [0.25, 0.3) is 5.22 Å². The molecule has 0 saturated heterocycles. The molecule has 150 valence electrons. The lowest BCUT2D eigenvalue weighted by atomic mass is 10.3. The molecule has 8 nitrogen and oxygen atoms in total. The maximum Gasteiger partial charge on any atom is 0.277 e. The van der Waals surface area contributed by atoms with Gasteiger partial charge in [0.2, 0.25) is 15.9 Å². The number of nitrogens with one attached hydrogen (secondary N) is 1. The normalized spacial score (nSPS) is 11.8. The Morgan fingerprint density at radius 2 is 2.14 bits per heavy atom. The lowest BCUT2D eigenvalue weighted by Crippen LogP contribution is -2.23. The molecule has 0 unspecified atom stereocenters. The smallest absolute Gasteiger partial charge is 0.277 e. The summed E-state index contributed by atoms with van der Waals surface area (Å²) in [6.07, 6.45) is 2.14. The quantitative estimate of drug-likeness (QED) is 0.364. The number of Topliss-reactive ketones (excluding diaryl/α,β-unsaturated/α-hetero) is 1. The minimum Gasteiger partial charge on any atom is -0.416 e. The van der Waals surface area contributed by atoms with Gasteiger partial charge in [-0.3, -0.25) is 4.79 Å². The third-order valence-electron chi connectivity index (χ3n) is 3.45. The van der Waals surface area contributed by atoms with Gasteiger partial charge in [-0.25, -0.2) is 18.1 Å². The molecule has 3 rings (SSSR count). The van der Waals surface area contributed by atoms with Crippen molar-refractivity contribution in [1.29, 1.82) is 0 Å². The Balaban J connectivity index is 1.48. The number of hydrogen-bond acceptors (Lipinski definition) is 10. The van der Waals surface area contributed by atoms with Gasteiger partial charge in [-0.1, -0.05) is 11.8 Å². The van der Waals surface area contributed by atoms with E-state index in [1.54, 1.807) is 17.4 Å². The molecule has 0 aromatic carbocycles. The maximum absolute atomic E-state index is 12.3. The molecule has 0 aliphatic carbocycles. The number of aromatic nitrogens is 3. The SMILES string of the molecule is Cc1nc(Cc2nnc(SCC(=O)c3ccc(CCNS(C)(=O)=O)s3)o2)cs1. The predicted molar refractivity (Wildman–Crippen MR) is 110 cm³/mol. The number of ketones is 1. The van der Waals surface area contributed by atoms with E-state index in [1.807, 2.05) is 18.4 Å². The fourth-order valence-electron chi connectivity index (χ4n) is 2.23. The number of rotatable bonds is 10. The van der Waals surface area contributed by atoms with Crippen LogP contribution in [-0.2, 0) is 22.9 Å². The molecule has 0 amide bonds. The fourth-order valence-corrected chi connectivity index (χ4v) is 5.02. The Hall–Kier alpha value is -1.60. The van der Waals surface area contributed by atoms with E-state index in [2.05, 4.69) is 19.9 Å². The van der Waals surface area contributed by atoms with Crippen LogP contribution in [0.25, 0.3) is 0 Å². The van der Waals surface area contributed by atoms with Gasteiger partial charge >= 0.3 is 0 Å². The van der Waals surface area contributed by atoms with Crippen LogP contribution in [0.1, 0.15) is 31.1 Å². The molecule has 28 heavy (non-hydrogen) atoms. The van der Waals surface area contributed by atoms with E-state index in [0.717, 1.165) is 21.8 Å². The van der Waals surface area contributed by atoms with E-state index >= 15 is 0 Å². The second-order valence-corrected chi connectivity index (χ2v) is 10.9. The van der Waals surface area contributed by atoms with Crippen LogP contribution in [0.2, 0.25) is 0 Å². The summed E-state index contributed by atoms with van der Waals surface area (Å²) in [6.45, 7) is 2.25. The van der Waals surface area contributed by atoms with Crippen molar-refractivity contribution in [2.75, 3.05) is 18.6 Å². The number of thioether (sulfide) groups is 1. The van der Waals surface area contributed by atoms with Crippen LogP contribution in [-0.4, -0.2) is 47.9 Å². The highest BCUT2D eigenvalue weighted by atomic mass is 32.2. The maximum atomic E-state index is 12.3. The summed E-state index contributed by atoms with van der Waals surface area (Å²) in [5.74, 6) is 0.628. The molecule has 0 aliphatic rings. The van der Waals surface area contributed by atoms with Crippen LogP contribution >= 0.6 is 34.4 Å². The number of aryl methyl sites for hydroxylation is 1. The third kappa shape index (κ3) is 6.48. The van der Waals surface area contributed by atoms with Gasteiger partial charge < -0.3 is 4.42 Å². The Labute approximate surface area is 174 Å². The molecule has 3 aromatic rings. The zero-order chi connectivity index (χ0) is 20.1. The number of sulfonamides is 1. The molecule has 0 spiro atoms. The van der Waals surface area contributed by atoms with Crippen molar-refractivity contribution in [1.82, 2.24) is 19.9 Å². The van der Waals surface area contributed by atoms with Crippen molar-refractivity contribution in [2.45, 2.75) is 25.0 Å². The van der Waals surface area contributed by atoms with Crippen molar-refractivity contribution < 1.29 is 17.6 Å². The molecule has 0 fully saturated rings. The largest absolute Gasteiger partial charge is 0.416 e. The lowest BCUT2D eigenvalue weighted by molar-refractivity contribution is 0.102. The number of hydrogen-bond donors (Lipinski definition) is 1. The molecule has 1 N–H and O–H groups in total. The zero-order valence-corrected chi connectivity index (χ0v) is 18.4. The van der Waals surface area contributed by atoms with Crippen molar-refractivity contribution >= 4 is 50.2 Å². The summed E-state index contributed by atoms with van der Waals surface area (Å²) in [7, 11) is -3.20. The highest BCUT2D eigenvalue weighted by molar-refractivity contribution is 7.99. The molecule has 0 radical (unpaired) electrons. The molecular weight excluding hydrogens is 440 g/mol. The van der Waals surface area contributed by atoms with E-state index in [-0.39, 0.29) is 11.5 Å². The molecule has 3 aromatic heterocycles. The number of thiazole rings is 1. The topological polar surface area (TPSA) is 115 Å². The van der Waals surface area contributed by atoms with Crippen LogP contribution in [0.15, 0.2) is 27.2 Å². The van der Waals surface area contributed by atoms with Gasteiger partial charge in [0.15, 0.2) is 5.78 Å². The summed E-state index contributed by atoms with van der Waals surface area (Å²) < 4.78 is 30.1. The number of nitrogens with zero attached hydrogens (tertiary/aromatic N) is 3. The van der Waals surface area contributed by atoms with Crippen LogP contribution in [0.3, 0.4) is 0 Å². The van der Waals surface area contributed by atoms with E-state index in [4.69, 9.17) is 4.42 Å². The van der Waals surface area contributed by atoms with Crippen LogP contribution in [0.4, 0.5) is 0 Å². The first kappa shape index (κ1) is 21.1. The first-order valence-corrected chi connectivity index (χ1v) is 12.8. The van der Waals surface area contributed by atoms with Crippen molar-refractivity contribution in [3.8, 4) is 0 Å². The molecule has 0 atom stereocenters. The molecule has 3 heterocycles. The van der Waals surface area contributed by atoms with Gasteiger partial charge in [-0.15, -0.1) is 32.9 Å². The molecule has 12 heteroatoms. The van der Waals surface area contributed by atoms with Crippen molar-refractivity contribution in [3.05, 3.63) is 43.9 Å². The number of carbonyl (C=O) groups is 1. The second kappa shape index (κ2) is 9.27. The van der Waals surface area contributed by atoms with E-state index in [0.29, 0.717) is 35.4 Å². The minimum absolute atomic E-state index is 0.0350. The van der Waals surface area contributed by atoms with Crippen LogP contribution in [0.5, 0.6) is 0 Å². The Kier molecular flexibility index (Phi) is 6.99. The Bertz CT molecular complexity index is 1050.